The lowest BCUT2D eigenvalue weighted by Gasteiger charge is -2.35. The molecule has 3 aromatic rings. The zero-order valence-corrected chi connectivity index (χ0v) is 23.2. The van der Waals surface area contributed by atoms with Crippen LogP contribution in [0.25, 0.3) is 5.65 Å². The highest BCUT2D eigenvalue weighted by atomic mass is 19.1. The van der Waals surface area contributed by atoms with Crippen LogP contribution in [-0.2, 0) is 4.79 Å². The molecule has 2 aliphatic heterocycles. The summed E-state index contributed by atoms with van der Waals surface area (Å²) in [6.45, 7) is 8.55. The van der Waals surface area contributed by atoms with Crippen LogP contribution in [0.5, 0.6) is 0 Å². The highest BCUT2D eigenvalue weighted by Gasteiger charge is 2.41. The fraction of sp³-hybridized carbons (Fsp3) is 0.562. The standard InChI is InChI=1S/C32H41FN4O2/c1-21-5-3-8-25(13-21)27-19-36(29(32(38)39)15-23-6-4-7-23)18-26(27)17-35-11-9-24(10-12-35)30-16-34-31-14-22(2)28(33)20-37(30)31/h3,5,8,13-14,16,20,23-24,26-27,29H,4,6-7,9-12,15,17-19H2,1-2H3,(H,38,39)/t26-,27+,29+/m0/s1. The number of halogens is 1. The topological polar surface area (TPSA) is 61.1 Å². The fourth-order valence-electron chi connectivity index (χ4n) is 7.23. The third-order valence-electron chi connectivity index (χ3n) is 9.76. The number of benzene rings is 1. The molecule has 6 rings (SSSR count). The van der Waals surface area contributed by atoms with Crippen molar-refractivity contribution in [1.82, 2.24) is 19.2 Å². The molecule has 1 aliphatic carbocycles. The van der Waals surface area contributed by atoms with E-state index in [0.717, 1.165) is 63.3 Å². The number of carboxylic acid groups (broad SMARTS) is 1. The molecule has 1 N–H and O–H groups in total. The summed E-state index contributed by atoms with van der Waals surface area (Å²) in [7, 11) is 0. The quantitative estimate of drug-likeness (QED) is 0.408. The highest BCUT2D eigenvalue weighted by molar-refractivity contribution is 5.73. The number of piperidine rings is 1. The van der Waals surface area contributed by atoms with Crippen molar-refractivity contribution < 1.29 is 14.3 Å². The molecular formula is C32H41FN4O2. The summed E-state index contributed by atoms with van der Waals surface area (Å²) >= 11 is 0. The summed E-state index contributed by atoms with van der Waals surface area (Å²) in [5, 5.41) is 10.2. The van der Waals surface area contributed by atoms with Crippen LogP contribution in [0.2, 0.25) is 0 Å². The normalized spacial score (nSPS) is 24.3. The maximum absolute atomic E-state index is 14.3. The number of pyridine rings is 1. The molecular weight excluding hydrogens is 491 g/mol. The molecule has 0 spiro atoms. The van der Waals surface area contributed by atoms with E-state index in [1.54, 1.807) is 13.1 Å². The van der Waals surface area contributed by atoms with Crippen molar-refractivity contribution in [1.29, 1.82) is 0 Å². The lowest BCUT2D eigenvalue weighted by atomic mass is 9.80. The molecule has 1 saturated carbocycles. The van der Waals surface area contributed by atoms with Gasteiger partial charge in [-0.3, -0.25) is 9.69 Å². The monoisotopic (exact) mass is 532 g/mol. The number of nitrogens with zero attached hydrogens (tertiary/aromatic N) is 4. The van der Waals surface area contributed by atoms with Crippen LogP contribution in [0.3, 0.4) is 0 Å². The van der Waals surface area contributed by atoms with Gasteiger partial charge >= 0.3 is 5.97 Å². The van der Waals surface area contributed by atoms with Crippen molar-refractivity contribution in [3.63, 3.8) is 0 Å². The molecule has 2 saturated heterocycles. The van der Waals surface area contributed by atoms with Crippen LogP contribution in [0.15, 0.2) is 42.7 Å². The summed E-state index contributed by atoms with van der Waals surface area (Å²) in [5.41, 5.74) is 5.14. The Balaban J connectivity index is 1.15. The minimum atomic E-state index is -0.661. The number of rotatable bonds is 8. The summed E-state index contributed by atoms with van der Waals surface area (Å²) in [4.78, 5) is 21.8. The molecule has 3 fully saturated rings. The summed E-state index contributed by atoms with van der Waals surface area (Å²) in [6, 6.07) is 10.2. The second kappa shape index (κ2) is 11.0. The molecule has 6 nitrogen and oxygen atoms in total. The maximum Gasteiger partial charge on any atom is 0.320 e. The van der Waals surface area contributed by atoms with Crippen LogP contribution in [0.1, 0.15) is 72.7 Å². The van der Waals surface area contributed by atoms with Crippen molar-refractivity contribution in [3.05, 3.63) is 70.9 Å². The third-order valence-corrected chi connectivity index (χ3v) is 9.76. The van der Waals surface area contributed by atoms with Gasteiger partial charge in [0.2, 0.25) is 0 Å². The van der Waals surface area contributed by atoms with Crippen LogP contribution in [0.4, 0.5) is 4.39 Å². The van der Waals surface area contributed by atoms with E-state index in [1.165, 1.54) is 30.4 Å². The summed E-state index contributed by atoms with van der Waals surface area (Å²) < 4.78 is 16.2. The minimum absolute atomic E-state index is 0.191. The Morgan fingerprint density at radius 2 is 1.92 bits per heavy atom. The fourth-order valence-corrected chi connectivity index (χ4v) is 7.23. The van der Waals surface area contributed by atoms with E-state index in [9.17, 15) is 14.3 Å². The molecule has 7 heteroatoms. The van der Waals surface area contributed by atoms with Gasteiger partial charge in [0.05, 0.1) is 0 Å². The molecule has 0 unspecified atom stereocenters. The van der Waals surface area contributed by atoms with Crippen LogP contribution >= 0.6 is 0 Å². The van der Waals surface area contributed by atoms with Crippen molar-refractivity contribution >= 4 is 11.6 Å². The molecule has 3 atom stereocenters. The second-order valence-corrected chi connectivity index (χ2v) is 12.4. The average molecular weight is 533 g/mol. The van der Waals surface area contributed by atoms with Crippen molar-refractivity contribution in [2.75, 3.05) is 32.7 Å². The number of hydrogen-bond donors (Lipinski definition) is 1. The zero-order chi connectivity index (χ0) is 27.1. The number of carbonyl (C=O) groups is 1. The van der Waals surface area contributed by atoms with Crippen molar-refractivity contribution in [3.8, 4) is 0 Å². The Labute approximate surface area is 230 Å². The first kappa shape index (κ1) is 26.5. The van der Waals surface area contributed by atoms with Gasteiger partial charge in [-0.05, 0) is 75.2 Å². The largest absolute Gasteiger partial charge is 0.480 e. The number of likely N-dealkylation sites (tertiary alicyclic amines) is 2. The van der Waals surface area contributed by atoms with Crippen molar-refractivity contribution in [2.24, 2.45) is 11.8 Å². The van der Waals surface area contributed by atoms with Gasteiger partial charge in [0.25, 0.3) is 0 Å². The van der Waals surface area contributed by atoms with Crippen LogP contribution < -0.4 is 0 Å². The second-order valence-electron chi connectivity index (χ2n) is 12.4. The lowest BCUT2D eigenvalue weighted by Crippen LogP contribution is -2.43. The van der Waals surface area contributed by atoms with Gasteiger partial charge in [-0.15, -0.1) is 0 Å². The van der Waals surface area contributed by atoms with Gasteiger partial charge in [-0.2, -0.15) is 0 Å². The Bertz CT molecular complexity index is 1330. The number of aliphatic carboxylic acids is 1. The first-order valence-corrected chi connectivity index (χ1v) is 14.7. The third kappa shape index (κ3) is 5.48. The van der Waals surface area contributed by atoms with E-state index in [4.69, 9.17) is 0 Å². The molecule has 4 heterocycles. The number of aromatic nitrogens is 2. The number of carboxylic acids is 1. The van der Waals surface area contributed by atoms with E-state index in [0.29, 0.717) is 29.2 Å². The van der Waals surface area contributed by atoms with Crippen molar-refractivity contribution in [2.45, 2.75) is 70.3 Å². The first-order chi connectivity index (χ1) is 18.9. The Morgan fingerprint density at radius 1 is 1.13 bits per heavy atom. The van der Waals surface area contributed by atoms with E-state index >= 15 is 0 Å². The molecule has 0 radical (unpaired) electrons. The lowest BCUT2D eigenvalue weighted by molar-refractivity contribution is -0.144. The highest BCUT2D eigenvalue weighted by Crippen LogP contribution is 2.39. The Morgan fingerprint density at radius 3 is 2.62 bits per heavy atom. The predicted molar refractivity (Wildman–Crippen MR) is 151 cm³/mol. The number of aryl methyl sites for hydroxylation is 2. The minimum Gasteiger partial charge on any atom is -0.480 e. The Hall–Kier alpha value is -2.77. The predicted octanol–water partition coefficient (Wildman–Crippen LogP) is 5.63. The molecule has 0 amide bonds. The number of fused-ring (bicyclic) bond motifs is 1. The molecule has 39 heavy (non-hydrogen) atoms. The van der Waals surface area contributed by atoms with Gasteiger partial charge in [0.1, 0.15) is 17.5 Å². The zero-order valence-electron chi connectivity index (χ0n) is 23.2. The van der Waals surface area contributed by atoms with Gasteiger partial charge in [-0.25, -0.2) is 9.37 Å². The van der Waals surface area contributed by atoms with Crippen LogP contribution in [-0.4, -0.2) is 69.0 Å². The molecule has 0 bridgehead atoms. The molecule has 3 aliphatic rings. The average Bonchev–Trinajstić information content (AvgIpc) is 3.48. The van der Waals surface area contributed by atoms with E-state index < -0.39 is 5.97 Å². The van der Waals surface area contributed by atoms with Gasteiger partial charge < -0.3 is 14.4 Å². The molecule has 2 aromatic heterocycles. The van der Waals surface area contributed by atoms with Gasteiger partial charge in [0.15, 0.2) is 0 Å². The number of imidazole rings is 1. The van der Waals surface area contributed by atoms with E-state index in [2.05, 4.69) is 46.0 Å². The van der Waals surface area contributed by atoms with Gasteiger partial charge in [0, 0.05) is 49.6 Å². The smallest absolute Gasteiger partial charge is 0.320 e. The maximum atomic E-state index is 14.3. The first-order valence-electron chi connectivity index (χ1n) is 14.7. The molecule has 1 aromatic carbocycles. The van der Waals surface area contributed by atoms with E-state index in [-0.39, 0.29) is 11.9 Å². The van der Waals surface area contributed by atoms with Crippen LogP contribution in [0, 0.1) is 31.5 Å². The van der Waals surface area contributed by atoms with Gasteiger partial charge in [-0.1, -0.05) is 49.1 Å². The SMILES string of the molecule is Cc1cccc([C@H]2CN([C@H](CC3CCC3)C(=O)O)C[C@@H]2CN2CCC(c3cnc4cc(C)c(F)cn34)CC2)c1. The van der Waals surface area contributed by atoms with E-state index in [1.807, 2.05) is 16.7 Å². The summed E-state index contributed by atoms with van der Waals surface area (Å²) in [6.07, 6.45) is 9.93. The Kier molecular flexibility index (Phi) is 7.47. The molecule has 208 valence electrons. The number of hydrogen-bond acceptors (Lipinski definition) is 4. The summed E-state index contributed by atoms with van der Waals surface area (Å²) in [5.74, 6) is 0.828.